The lowest BCUT2D eigenvalue weighted by Crippen LogP contribution is -2.30. The van der Waals surface area contributed by atoms with Crippen molar-refractivity contribution in [2.24, 2.45) is 0 Å². The Morgan fingerprint density at radius 1 is 0.500 bits per heavy atom. The molecule has 0 unspecified atom stereocenters. The summed E-state index contributed by atoms with van der Waals surface area (Å²) in [5, 5.41) is 2.06. The van der Waals surface area contributed by atoms with E-state index in [4.69, 9.17) is 0 Å². The molecule has 0 fully saturated rings. The van der Waals surface area contributed by atoms with Gasteiger partial charge < -0.3 is 0 Å². The van der Waals surface area contributed by atoms with Gasteiger partial charge in [0.25, 0.3) is 11.1 Å². The fraction of sp³-hybridized carbons (Fsp3) is 0.0278. The van der Waals surface area contributed by atoms with Crippen LogP contribution in [0.15, 0.2) is 131 Å². The van der Waals surface area contributed by atoms with Crippen LogP contribution in [0.5, 0.6) is 0 Å². The van der Waals surface area contributed by atoms with E-state index in [0.29, 0.717) is 21.5 Å². The Bertz CT molecular complexity index is 2370. The van der Waals surface area contributed by atoms with Crippen LogP contribution >= 0.6 is 0 Å². The SMILES string of the molecule is O=c1c2ccncc2c2cc3c(cc2c(=O)n1-c1ncccn1)-c1ccccc1C31c2ccccc2-c2ccccc21. The number of nitrogens with zero attached hydrogens (tertiary/aromatic N) is 4. The molecule has 2 aliphatic carbocycles. The third-order valence-corrected chi connectivity index (χ3v) is 8.87. The number of fused-ring (bicyclic) bond motifs is 13. The Labute approximate surface area is 239 Å². The minimum Gasteiger partial charge on any atom is -0.268 e. The van der Waals surface area contributed by atoms with Crippen molar-refractivity contribution in [1.29, 1.82) is 0 Å². The van der Waals surface area contributed by atoms with Gasteiger partial charge >= 0.3 is 0 Å². The van der Waals surface area contributed by atoms with Crippen LogP contribution in [0.25, 0.3) is 49.7 Å². The molecule has 3 heterocycles. The predicted molar refractivity (Wildman–Crippen MR) is 163 cm³/mol. The molecule has 7 aromatic rings. The van der Waals surface area contributed by atoms with E-state index in [1.54, 1.807) is 24.5 Å². The van der Waals surface area contributed by atoms with Crippen molar-refractivity contribution in [2.75, 3.05) is 0 Å². The van der Waals surface area contributed by atoms with E-state index >= 15 is 0 Å². The summed E-state index contributed by atoms with van der Waals surface area (Å²) in [6.07, 6.45) is 6.30. The lowest BCUT2D eigenvalue weighted by atomic mass is 9.70. The fourth-order valence-electron chi connectivity index (χ4n) is 7.26. The number of rotatable bonds is 1. The highest BCUT2D eigenvalue weighted by Crippen LogP contribution is 2.63. The third-order valence-electron chi connectivity index (χ3n) is 8.87. The summed E-state index contributed by atoms with van der Waals surface area (Å²) in [5.74, 6) is 0.0409. The second kappa shape index (κ2) is 8.15. The van der Waals surface area contributed by atoms with Gasteiger partial charge in [-0.2, -0.15) is 0 Å². The highest BCUT2D eigenvalue weighted by Gasteiger charge is 2.51. The largest absolute Gasteiger partial charge is 0.268 e. The van der Waals surface area contributed by atoms with Crippen molar-refractivity contribution in [2.45, 2.75) is 5.41 Å². The molecule has 0 aliphatic heterocycles. The second-order valence-corrected chi connectivity index (χ2v) is 10.7. The predicted octanol–water partition coefficient (Wildman–Crippen LogP) is 6.03. The highest BCUT2D eigenvalue weighted by atomic mass is 16.2. The Morgan fingerprint density at radius 2 is 1.07 bits per heavy atom. The molecule has 0 bridgehead atoms. The van der Waals surface area contributed by atoms with Crippen molar-refractivity contribution in [3.8, 4) is 28.2 Å². The zero-order chi connectivity index (χ0) is 28.0. The van der Waals surface area contributed by atoms with Crippen LogP contribution in [0.2, 0.25) is 0 Å². The smallest absolute Gasteiger partial charge is 0.268 e. The van der Waals surface area contributed by atoms with Gasteiger partial charge in [-0.1, -0.05) is 72.8 Å². The monoisotopic (exact) mass is 540 g/mol. The van der Waals surface area contributed by atoms with Gasteiger partial charge in [-0.05, 0) is 74.2 Å². The van der Waals surface area contributed by atoms with Gasteiger partial charge in [0.15, 0.2) is 0 Å². The summed E-state index contributed by atoms with van der Waals surface area (Å²) < 4.78 is 1.08. The van der Waals surface area contributed by atoms with Crippen LogP contribution in [0.4, 0.5) is 0 Å². The average Bonchev–Trinajstić information content (AvgIpc) is 3.48. The van der Waals surface area contributed by atoms with Crippen LogP contribution in [-0.2, 0) is 5.41 Å². The van der Waals surface area contributed by atoms with Crippen LogP contribution in [0.3, 0.4) is 0 Å². The molecule has 196 valence electrons. The fourth-order valence-corrected chi connectivity index (χ4v) is 7.26. The molecule has 6 nitrogen and oxygen atoms in total. The number of hydrogen-bond acceptors (Lipinski definition) is 5. The van der Waals surface area contributed by atoms with Gasteiger partial charge in [0.05, 0.1) is 10.8 Å². The van der Waals surface area contributed by atoms with Gasteiger partial charge in [0, 0.05) is 35.6 Å². The molecule has 9 rings (SSSR count). The molecule has 0 radical (unpaired) electrons. The molecular weight excluding hydrogens is 520 g/mol. The van der Waals surface area contributed by atoms with Crippen molar-refractivity contribution in [3.63, 3.8) is 0 Å². The Kier molecular flexibility index (Phi) is 4.46. The maximum Gasteiger partial charge on any atom is 0.268 e. The van der Waals surface area contributed by atoms with Gasteiger partial charge in [-0.25, -0.2) is 14.5 Å². The number of hydrogen-bond donors (Lipinski definition) is 0. The van der Waals surface area contributed by atoms with Gasteiger partial charge in [0.2, 0.25) is 5.95 Å². The van der Waals surface area contributed by atoms with E-state index < -0.39 is 16.5 Å². The first-order valence-electron chi connectivity index (χ1n) is 13.8. The standard InChI is InChI=1S/C36H20N4O2/c41-33-24-14-17-37-20-28(24)25-19-32-26(18-27(25)34(42)40(33)35-38-15-7-16-39-35)23-10-3-6-13-31(23)36(32)29-11-4-1-8-21(29)22-9-2-5-12-30(22)36/h1-20H. The van der Waals surface area contributed by atoms with Gasteiger partial charge in [-0.3, -0.25) is 14.6 Å². The molecule has 3 aromatic heterocycles. The second-order valence-electron chi connectivity index (χ2n) is 10.7. The molecule has 0 atom stereocenters. The van der Waals surface area contributed by atoms with Gasteiger partial charge in [0.1, 0.15) is 0 Å². The maximum absolute atomic E-state index is 14.3. The summed E-state index contributed by atoms with van der Waals surface area (Å²) in [5.41, 5.74) is 7.60. The molecule has 0 amide bonds. The first-order valence-corrected chi connectivity index (χ1v) is 13.8. The topological polar surface area (TPSA) is 77.7 Å². The lowest BCUT2D eigenvalue weighted by molar-refractivity contribution is 0.795. The quantitative estimate of drug-likeness (QED) is 0.254. The summed E-state index contributed by atoms with van der Waals surface area (Å²) in [4.78, 5) is 41.2. The first kappa shape index (κ1) is 23.0. The normalized spacial score (nSPS) is 13.6. The minimum absolute atomic E-state index is 0.0409. The van der Waals surface area contributed by atoms with Crippen LogP contribution in [0.1, 0.15) is 22.3 Å². The molecule has 2 aliphatic rings. The van der Waals surface area contributed by atoms with Crippen molar-refractivity contribution in [3.05, 3.63) is 165 Å². The minimum atomic E-state index is -0.571. The maximum atomic E-state index is 14.3. The molecule has 0 N–H and O–H groups in total. The summed E-state index contributed by atoms with van der Waals surface area (Å²) in [6.45, 7) is 0. The zero-order valence-electron chi connectivity index (χ0n) is 22.2. The summed E-state index contributed by atoms with van der Waals surface area (Å²) in [6, 6.07) is 33.0. The van der Waals surface area contributed by atoms with Crippen molar-refractivity contribution >= 4 is 21.5 Å². The first-order chi connectivity index (χ1) is 20.7. The Balaban J connectivity index is 1.52. The Morgan fingerprint density at radius 3 is 1.71 bits per heavy atom. The Hall–Kier alpha value is -5.75. The van der Waals surface area contributed by atoms with E-state index in [1.807, 2.05) is 12.1 Å². The zero-order valence-corrected chi connectivity index (χ0v) is 22.2. The van der Waals surface area contributed by atoms with E-state index in [9.17, 15) is 9.59 Å². The van der Waals surface area contributed by atoms with Crippen LogP contribution < -0.4 is 11.1 Å². The summed E-state index contributed by atoms with van der Waals surface area (Å²) in [7, 11) is 0. The molecule has 4 aromatic carbocycles. The van der Waals surface area contributed by atoms with Crippen molar-refractivity contribution < 1.29 is 0 Å². The molecule has 1 spiro atoms. The van der Waals surface area contributed by atoms with Gasteiger partial charge in [-0.15, -0.1) is 0 Å². The number of pyridine rings is 1. The average molecular weight is 541 g/mol. The van der Waals surface area contributed by atoms with E-state index in [0.717, 1.165) is 21.3 Å². The third kappa shape index (κ3) is 2.71. The van der Waals surface area contributed by atoms with E-state index in [-0.39, 0.29) is 5.95 Å². The molecular formula is C36H20N4O2. The van der Waals surface area contributed by atoms with Crippen molar-refractivity contribution in [1.82, 2.24) is 19.5 Å². The van der Waals surface area contributed by atoms with E-state index in [2.05, 4.69) is 87.7 Å². The van der Waals surface area contributed by atoms with Crippen LogP contribution in [0, 0.1) is 0 Å². The lowest BCUT2D eigenvalue weighted by Gasteiger charge is -2.30. The molecule has 0 saturated carbocycles. The van der Waals surface area contributed by atoms with Crippen LogP contribution in [-0.4, -0.2) is 19.5 Å². The number of aromatic nitrogens is 4. The molecule has 42 heavy (non-hydrogen) atoms. The van der Waals surface area contributed by atoms with E-state index in [1.165, 1.54) is 40.2 Å². The highest BCUT2D eigenvalue weighted by molar-refractivity contribution is 6.09. The summed E-state index contributed by atoms with van der Waals surface area (Å²) >= 11 is 0. The molecule has 0 saturated heterocycles. The number of benzene rings is 4. The molecule has 6 heteroatoms.